The zero-order valence-corrected chi connectivity index (χ0v) is 17.2. The van der Waals surface area contributed by atoms with E-state index in [4.69, 9.17) is 4.74 Å². The molecule has 0 saturated carbocycles. The Balaban J connectivity index is 1.49. The maximum atomic E-state index is 12.5. The third kappa shape index (κ3) is 3.91. The fourth-order valence-electron chi connectivity index (χ4n) is 3.78. The standard InChI is InChI=1S/C24H21NO4S/c1-2-30-22-13-15(23(26)27)11-12-21(22)25-24(28)29-14-20-18-9-5-3-7-16(18)17-8-4-6-10-19(17)20/h3-13,20H,2,14H2,1H3,(H,25,28)(H,26,27). The van der Waals surface area contributed by atoms with Crippen molar-refractivity contribution in [3.63, 3.8) is 0 Å². The first kappa shape index (κ1) is 20.0. The Morgan fingerprint density at radius 1 is 1.00 bits per heavy atom. The van der Waals surface area contributed by atoms with Crippen LogP contribution in [0, 0.1) is 0 Å². The molecule has 30 heavy (non-hydrogen) atoms. The van der Waals surface area contributed by atoms with Crippen molar-refractivity contribution in [1.29, 1.82) is 0 Å². The molecule has 3 aromatic rings. The van der Waals surface area contributed by atoms with Crippen LogP contribution in [0.2, 0.25) is 0 Å². The van der Waals surface area contributed by atoms with E-state index in [9.17, 15) is 14.7 Å². The summed E-state index contributed by atoms with van der Waals surface area (Å²) in [4.78, 5) is 24.4. The average Bonchev–Trinajstić information content (AvgIpc) is 3.07. The number of hydrogen-bond acceptors (Lipinski definition) is 4. The van der Waals surface area contributed by atoms with Gasteiger partial charge in [-0.25, -0.2) is 9.59 Å². The number of anilines is 1. The van der Waals surface area contributed by atoms with E-state index >= 15 is 0 Å². The van der Waals surface area contributed by atoms with Crippen molar-refractivity contribution in [2.24, 2.45) is 0 Å². The SMILES string of the molecule is CCSc1cc(C(=O)O)ccc1NC(=O)OCC1c2ccccc2-c2ccccc21. The highest BCUT2D eigenvalue weighted by Gasteiger charge is 2.29. The smallest absolute Gasteiger partial charge is 0.411 e. The van der Waals surface area contributed by atoms with Crippen molar-refractivity contribution in [3.05, 3.63) is 83.4 Å². The van der Waals surface area contributed by atoms with Crippen molar-refractivity contribution in [2.45, 2.75) is 17.7 Å². The molecule has 0 saturated heterocycles. The first-order valence-electron chi connectivity index (χ1n) is 9.70. The Labute approximate surface area is 179 Å². The third-order valence-electron chi connectivity index (χ3n) is 5.11. The van der Waals surface area contributed by atoms with Crippen LogP contribution in [-0.2, 0) is 4.74 Å². The van der Waals surface area contributed by atoms with Gasteiger partial charge in [0.25, 0.3) is 0 Å². The van der Waals surface area contributed by atoms with Gasteiger partial charge in [0.15, 0.2) is 0 Å². The summed E-state index contributed by atoms with van der Waals surface area (Å²) in [6, 6.07) is 21.0. The number of carbonyl (C=O) groups is 2. The lowest BCUT2D eigenvalue weighted by atomic mass is 9.98. The molecule has 1 aliphatic rings. The molecule has 0 heterocycles. The molecule has 0 fully saturated rings. The van der Waals surface area contributed by atoms with Gasteiger partial charge in [-0.1, -0.05) is 55.5 Å². The molecule has 0 radical (unpaired) electrons. The fourth-order valence-corrected chi connectivity index (χ4v) is 4.57. The molecule has 1 amide bonds. The first-order valence-corrected chi connectivity index (χ1v) is 10.7. The number of amides is 1. The monoisotopic (exact) mass is 419 g/mol. The molecule has 4 rings (SSSR count). The molecule has 3 aromatic carbocycles. The van der Waals surface area contributed by atoms with Gasteiger partial charge in [0.1, 0.15) is 6.61 Å². The van der Waals surface area contributed by atoms with Gasteiger partial charge in [-0.15, -0.1) is 11.8 Å². The number of carboxylic acids is 1. The summed E-state index contributed by atoms with van der Waals surface area (Å²) in [5, 5.41) is 12.0. The number of rotatable bonds is 6. The second kappa shape index (κ2) is 8.63. The van der Waals surface area contributed by atoms with Crippen LogP contribution in [-0.4, -0.2) is 29.5 Å². The predicted molar refractivity (Wildman–Crippen MR) is 118 cm³/mol. The van der Waals surface area contributed by atoms with E-state index in [1.54, 1.807) is 12.1 Å². The molecule has 0 unspecified atom stereocenters. The van der Waals surface area contributed by atoms with E-state index in [1.165, 1.54) is 29.0 Å². The summed E-state index contributed by atoms with van der Waals surface area (Å²) in [7, 11) is 0. The average molecular weight is 420 g/mol. The number of benzene rings is 3. The molecule has 0 atom stereocenters. The van der Waals surface area contributed by atoms with Gasteiger partial charge < -0.3 is 9.84 Å². The quantitative estimate of drug-likeness (QED) is 0.490. The van der Waals surface area contributed by atoms with Crippen LogP contribution in [0.3, 0.4) is 0 Å². The largest absolute Gasteiger partial charge is 0.478 e. The number of carbonyl (C=O) groups excluding carboxylic acids is 1. The summed E-state index contributed by atoms with van der Waals surface area (Å²) in [5.74, 6) is -0.259. The van der Waals surface area contributed by atoms with Crippen molar-refractivity contribution < 1.29 is 19.4 Å². The van der Waals surface area contributed by atoms with Crippen molar-refractivity contribution >= 4 is 29.5 Å². The fraction of sp³-hybridized carbons (Fsp3) is 0.167. The Morgan fingerprint density at radius 2 is 1.63 bits per heavy atom. The van der Waals surface area contributed by atoms with Crippen LogP contribution in [0.1, 0.15) is 34.3 Å². The van der Waals surface area contributed by atoms with E-state index < -0.39 is 12.1 Å². The molecular weight excluding hydrogens is 398 g/mol. The van der Waals surface area contributed by atoms with Crippen LogP contribution in [0.4, 0.5) is 10.5 Å². The van der Waals surface area contributed by atoms with Gasteiger partial charge in [0.05, 0.1) is 11.3 Å². The van der Waals surface area contributed by atoms with Crippen molar-refractivity contribution in [3.8, 4) is 11.1 Å². The van der Waals surface area contributed by atoms with Gasteiger partial charge >= 0.3 is 12.1 Å². The molecule has 0 aliphatic heterocycles. The molecule has 152 valence electrons. The van der Waals surface area contributed by atoms with Gasteiger partial charge in [-0.3, -0.25) is 5.32 Å². The summed E-state index contributed by atoms with van der Waals surface area (Å²) in [6.45, 7) is 2.19. The second-order valence-corrected chi connectivity index (χ2v) is 8.21. The number of thioether (sulfide) groups is 1. The lowest BCUT2D eigenvalue weighted by molar-refractivity contribution is 0.0696. The van der Waals surface area contributed by atoms with Gasteiger partial charge in [-0.05, 0) is 46.2 Å². The normalized spacial score (nSPS) is 12.2. The number of nitrogens with one attached hydrogen (secondary N) is 1. The highest BCUT2D eigenvalue weighted by Crippen LogP contribution is 2.44. The third-order valence-corrected chi connectivity index (χ3v) is 6.05. The zero-order chi connectivity index (χ0) is 21.1. The van der Waals surface area contributed by atoms with E-state index in [2.05, 4.69) is 29.6 Å². The first-order chi connectivity index (χ1) is 14.6. The number of carboxylic acid groups (broad SMARTS) is 1. The number of aromatic carboxylic acids is 1. The van der Waals surface area contributed by atoms with Gasteiger partial charge in [0.2, 0.25) is 0 Å². The molecule has 6 heteroatoms. The highest BCUT2D eigenvalue weighted by atomic mass is 32.2. The maximum Gasteiger partial charge on any atom is 0.411 e. The Kier molecular flexibility index (Phi) is 5.77. The minimum Gasteiger partial charge on any atom is -0.478 e. The molecule has 2 N–H and O–H groups in total. The Hall–Kier alpha value is -3.25. The van der Waals surface area contributed by atoms with E-state index in [-0.39, 0.29) is 18.1 Å². The van der Waals surface area contributed by atoms with Crippen molar-refractivity contribution in [2.75, 3.05) is 17.7 Å². The minimum absolute atomic E-state index is 0.0120. The van der Waals surface area contributed by atoms with Gasteiger partial charge in [-0.2, -0.15) is 0 Å². The molecule has 0 spiro atoms. The summed E-state index contributed by atoms with van der Waals surface area (Å²) >= 11 is 1.47. The lowest BCUT2D eigenvalue weighted by Gasteiger charge is -2.15. The molecular formula is C24H21NO4S. The predicted octanol–water partition coefficient (Wildman–Crippen LogP) is 5.86. The second-order valence-electron chi connectivity index (χ2n) is 6.90. The van der Waals surface area contributed by atoms with E-state index in [1.807, 2.05) is 31.2 Å². The van der Waals surface area contributed by atoms with E-state index in [0.717, 1.165) is 16.9 Å². The molecule has 1 aliphatic carbocycles. The molecule has 0 aromatic heterocycles. The Bertz CT molecular complexity index is 1070. The number of hydrogen-bond donors (Lipinski definition) is 2. The minimum atomic E-state index is -0.999. The van der Waals surface area contributed by atoms with Crippen LogP contribution in [0.5, 0.6) is 0 Å². The summed E-state index contributed by atoms with van der Waals surface area (Å²) in [6.07, 6.45) is -0.558. The number of ether oxygens (including phenoxy) is 1. The molecule has 5 nitrogen and oxygen atoms in total. The zero-order valence-electron chi connectivity index (χ0n) is 16.4. The topological polar surface area (TPSA) is 75.6 Å². The van der Waals surface area contributed by atoms with Crippen LogP contribution in [0.15, 0.2) is 71.6 Å². The van der Waals surface area contributed by atoms with E-state index in [0.29, 0.717) is 10.6 Å². The highest BCUT2D eigenvalue weighted by molar-refractivity contribution is 7.99. The lowest BCUT2D eigenvalue weighted by Crippen LogP contribution is -2.18. The Morgan fingerprint density at radius 3 is 2.23 bits per heavy atom. The maximum absolute atomic E-state index is 12.5. The van der Waals surface area contributed by atoms with Crippen molar-refractivity contribution in [1.82, 2.24) is 0 Å². The molecule has 0 bridgehead atoms. The summed E-state index contributed by atoms with van der Waals surface area (Å²) in [5.41, 5.74) is 5.38. The van der Waals surface area contributed by atoms with Crippen LogP contribution >= 0.6 is 11.8 Å². The number of fused-ring (bicyclic) bond motifs is 3. The van der Waals surface area contributed by atoms with Gasteiger partial charge in [0, 0.05) is 10.8 Å². The van der Waals surface area contributed by atoms with Crippen LogP contribution < -0.4 is 5.32 Å². The summed E-state index contributed by atoms with van der Waals surface area (Å²) < 4.78 is 5.58. The van der Waals surface area contributed by atoms with Crippen LogP contribution in [0.25, 0.3) is 11.1 Å².